The Hall–Kier alpha value is -4.33. The summed E-state index contributed by atoms with van der Waals surface area (Å²) in [7, 11) is 2.96. The minimum absolute atomic E-state index is 0.269. The van der Waals surface area contributed by atoms with Crippen LogP contribution in [0.5, 0.6) is 11.5 Å². The fourth-order valence-electron chi connectivity index (χ4n) is 3.48. The van der Waals surface area contributed by atoms with E-state index in [0.717, 1.165) is 11.1 Å². The summed E-state index contributed by atoms with van der Waals surface area (Å²) in [5, 5.41) is 2.49. The summed E-state index contributed by atoms with van der Waals surface area (Å²) in [6.45, 7) is 0.0832. The first kappa shape index (κ1) is 26.3. The number of nitrogens with zero attached hydrogens (tertiary/aromatic N) is 1. The fourth-order valence-corrected chi connectivity index (χ4v) is 3.48. The zero-order valence-corrected chi connectivity index (χ0v) is 20.4. The van der Waals surface area contributed by atoms with Gasteiger partial charge in [0.1, 0.15) is 18.0 Å². The average molecular weight is 491 g/mol. The lowest BCUT2D eigenvalue weighted by Gasteiger charge is -2.23. The number of carbonyl (C=O) groups excluding carboxylic acids is 3. The van der Waals surface area contributed by atoms with Gasteiger partial charge in [-0.2, -0.15) is 0 Å². The molecule has 0 aliphatic carbocycles. The van der Waals surface area contributed by atoms with E-state index in [0.29, 0.717) is 31.0 Å². The van der Waals surface area contributed by atoms with E-state index in [1.165, 1.54) is 26.4 Å². The molecule has 0 heterocycles. The number of carbonyl (C=O) groups is 3. The SMILES string of the molecule is COc1cc(OC)cc(C(=O)NCC(=O)OCC(=O)N(CCc2ccccc2)Cc2ccccc2)c1. The van der Waals surface area contributed by atoms with Crippen LogP contribution >= 0.6 is 0 Å². The monoisotopic (exact) mass is 490 g/mol. The molecule has 0 fully saturated rings. The Morgan fingerprint density at radius 1 is 0.806 bits per heavy atom. The summed E-state index contributed by atoms with van der Waals surface area (Å²) >= 11 is 0. The second kappa shape index (κ2) is 13.5. The number of rotatable bonds is 12. The number of methoxy groups -OCH3 is 2. The average Bonchev–Trinajstić information content (AvgIpc) is 2.93. The minimum atomic E-state index is -0.714. The van der Waals surface area contributed by atoms with Crippen LogP contribution in [-0.2, 0) is 27.3 Å². The third-order valence-electron chi connectivity index (χ3n) is 5.45. The Balaban J connectivity index is 1.53. The maximum atomic E-state index is 12.9. The molecular formula is C28H30N2O6. The third kappa shape index (κ3) is 8.16. The van der Waals surface area contributed by atoms with E-state index in [4.69, 9.17) is 14.2 Å². The molecular weight excluding hydrogens is 460 g/mol. The first-order valence-corrected chi connectivity index (χ1v) is 11.5. The summed E-state index contributed by atoms with van der Waals surface area (Å²) in [6.07, 6.45) is 0.674. The molecule has 0 unspecified atom stereocenters. The molecule has 0 aliphatic heterocycles. The normalized spacial score (nSPS) is 10.3. The zero-order chi connectivity index (χ0) is 25.8. The second-order valence-electron chi connectivity index (χ2n) is 7.98. The Morgan fingerprint density at radius 2 is 1.39 bits per heavy atom. The first-order valence-electron chi connectivity index (χ1n) is 11.5. The van der Waals surface area contributed by atoms with Gasteiger partial charge in [0, 0.05) is 24.7 Å². The molecule has 0 atom stereocenters. The molecule has 2 amide bonds. The van der Waals surface area contributed by atoms with E-state index < -0.39 is 18.5 Å². The molecule has 188 valence electrons. The van der Waals surface area contributed by atoms with Crippen LogP contribution in [0.1, 0.15) is 21.5 Å². The van der Waals surface area contributed by atoms with Gasteiger partial charge in [-0.05, 0) is 29.7 Å². The molecule has 8 nitrogen and oxygen atoms in total. The van der Waals surface area contributed by atoms with Gasteiger partial charge in [0.2, 0.25) is 0 Å². The topological polar surface area (TPSA) is 94.2 Å². The van der Waals surface area contributed by atoms with Crippen molar-refractivity contribution in [3.8, 4) is 11.5 Å². The Morgan fingerprint density at radius 3 is 1.97 bits per heavy atom. The number of esters is 1. The smallest absolute Gasteiger partial charge is 0.325 e. The molecule has 36 heavy (non-hydrogen) atoms. The Bertz CT molecular complexity index is 1130. The van der Waals surface area contributed by atoms with Crippen molar-refractivity contribution >= 4 is 17.8 Å². The number of nitrogens with one attached hydrogen (secondary N) is 1. The Labute approximate surface area is 210 Å². The van der Waals surface area contributed by atoms with E-state index in [2.05, 4.69) is 5.32 Å². The zero-order valence-electron chi connectivity index (χ0n) is 20.4. The van der Waals surface area contributed by atoms with Crippen LogP contribution in [0.3, 0.4) is 0 Å². The molecule has 3 rings (SSSR count). The fraction of sp³-hybridized carbons (Fsp3) is 0.250. The summed E-state index contributed by atoms with van der Waals surface area (Å²) in [6, 6.07) is 24.2. The standard InChI is InChI=1S/C28H30N2O6/c1-34-24-15-23(16-25(17-24)35-2)28(33)29-18-27(32)36-20-26(31)30(19-22-11-7-4-8-12-22)14-13-21-9-5-3-6-10-21/h3-12,15-17H,13-14,18-20H2,1-2H3,(H,29,33). The molecule has 3 aromatic rings. The summed E-state index contributed by atoms with van der Waals surface area (Å²) < 4.78 is 15.5. The van der Waals surface area contributed by atoms with Crippen molar-refractivity contribution in [2.75, 3.05) is 33.9 Å². The number of ether oxygens (including phenoxy) is 3. The summed E-state index contributed by atoms with van der Waals surface area (Å²) in [5.74, 6) is -0.631. The van der Waals surface area contributed by atoms with Crippen LogP contribution in [0.2, 0.25) is 0 Å². The van der Waals surface area contributed by atoms with Crippen molar-refractivity contribution < 1.29 is 28.6 Å². The minimum Gasteiger partial charge on any atom is -0.497 e. The van der Waals surface area contributed by atoms with Gasteiger partial charge in [0.05, 0.1) is 14.2 Å². The molecule has 0 spiro atoms. The van der Waals surface area contributed by atoms with Gasteiger partial charge < -0.3 is 24.4 Å². The molecule has 1 N–H and O–H groups in total. The van der Waals surface area contributed by atoms with Gasteiger partial charge in [0.25, 0.3) is 11.8 Å². The number of amides is 2. The second-order valence-corrected chi connectivity index (χ2v) is 7.98. The van der Waals surface area contributed by atoms with Gasteiger partial charge in [-0.3, -0.25) is 14.4 Å². The quantitative estimate of drug-likeness (QED) is 0.392. The van der Waals surface area contributed by atoms with Crippen LogP contribution in [-0.4, -0.2) is 56.6 Å². The van der Waals surface area contributed by atoms with Gasteiger partial charge in [-0.1, -0.05) is 60.7 Å². The number of hydrogen-bond acceptors (Lipinski definition) is 6. The maximum absolute atomic E-state index is 12.9. The van der Waals surface area contributed by atoms with Gasteiger partial charge in [-0.15, -0.1) is 0 Å². The van der Waals surface area contributed by atoms with Crippen molar-refractivity contribution in [3.05, 3.63) is 95.6 Å². The third-order valence-corrected chi connectivity index (χ3v) is 5.45. The van der Waals surface area contributed by atoms with Gasteiger partial charge in [-0.25, -0.2) is 0 Å². The molecule has 0 aromatic heterocycles. The van der Waals surface area contributed by atoms with Crippen molar-refractivity contribution in [2.24, 2.45) is 0 Å². The van der Waals surface area contributed by atoms with E-state index in [1.807, 2.05) is 60.7 Å². The Kier molecular flexibility index (Phi) is 9.88. The largest absolute Gasteiger partial charge is 0.497 e. The van der Waals surface area contributed by atoms with Crippen molar-refractivity contribution in [2.45, 2.75) is 13.0 Å². The van der Waals surface area contributed by atoms with Crippen LogP contribution in [0.4, 0.5) is 0 Å². The van der Waals surface area contributed by atoms with Crippen molar-refractivity contribution in [1.82, 2.24) is 10.2 Å². The van der Waals surface area contributed by atoms with Gasteiger partial charge >= 0.3 is 5.97 Å². The highest BCUT2D eigenvalue weighted by Gasteiger charge is 2.17. The predicted octanol–water partition coefficient (Wildman–Crippen LogP) is 3.25. The molecule has 0 bridgehead atoms. The van der Waals surface area contributed by atoms with Crippen LogP contribution in [0.15, 0.2) is 78.9 Å². The van der Waals surface area contributed by atoms with E-state index in [-0.39, 0.29) is 18.0 Å². The van der Waals surface area contributed by atoms with Crippen molar-refractivity contribution in [1.29, 1.82) is 0 Å². The number of hydrogen-bond donors (Lipinski definition) is 1. The van der Waals surface area contributed by atoms with E-state index >= 15 is 0 Å². The molecule has 0 saturated heterocycles. The van der Waals surface area contributed by atoms with Crippen LogP contribution in [0.25, 0.3) is 0 Å². The van der Waals surface area contributed by atoms with Crippen molar-refractivity contribution in [3.63, 3.8) is 0 Å². The summed E-state index contributed by atoms with van der Waals surface area (Å²) in [4.78, 5) is 39.3. The van der Waals surface area contributed by atoms with E-state index in [9.17, 15) is 14.4 Å². The lowest BCUT2D eigenvalue weighted by molar-refractivity contribution is -0.151. The van der Waals surface area contributed by atoms with Crippen LogP contribution in [0, 0.1) is 0 Å². The van der Waals surface area contributed by atoms with E-state index in [1.54, 1.807) is 11.0 Å². The predicted molar refractivity (Wildman–Crippen MR) is 135 cm³/mol. The highest BCUT2D eigenvalue weighted by molar-refractivity contribution is 5.96. The summed E-state index contributed by atoms with van der Waals surface area (Å²) in [5.41, 5.74) is 2.36. The van der Waals surface area contributed by atoms with Crippen LogP contribution < -0.4 is 14.8 Å². The first-order chi connectivity index (χ1) is 17.5. The highest BCUT2D eigenvalue weighted by Crippen LogP contribution is 2.22. The molecule has 3 aromatic carbocycles. The molecule has 8 heteroatoms. The molecule has 0 aliphatic rings. The lowest BCUT2D eigenvalue weighted by Crippen LogP contribution is -2.37. The number of benzene rings is 3. The van der Waals surface area contributed by atoms with Gasteiger partial charge in [0.15, 0.2) is 6.61 Å². The molecule has 0 radical (unpaired) electrons. The lowest BCUT2D eigenvalue weighted by atomic mass is 10.1. The molecule has 0 saturated carbocycles. The maximum Gasteiger partial charge on any atom is 0.325 e. The highest BCUT2D eigenvalue weighted by atomic mass is 16.5.